The van der Waals surface area contributed by atoms with Gasteiger partial charge in [-0.15, -0.1) is 6.42 Å². The minimum atomic E-state index is -2.17. The van der Waals surface area contributed by atoms with Crippen LogP contribution in [-0.2, 0) is 6.54 Å². The first-order valence-corrected chi connectivity index (χ1v) is 8.81. The third-order valence-corrected chi connectivity index (χ3v) is 5.14. The number of rotatable bonds is 7. The number of hydrogen-bond acceptors (Lipinski definition) is 3. The van der Waals surface area contributed by atoms with Gasteiger partial charge in [-0.2, -0.15) is 0 Å². The van der Waals surface area contributed by atoms with Gasteiger partial charge in [-0.3, -0.25) is 0 Å². The van der Waals surface area contributed by atoms with E-state index in [0.29, 0.717) is 23.3 Å². The van der Waals surface area contributed by atoms with Gasteiger partial charge in [0.25, 0.3) is 0 Å². The molecule has 0 aromatic heterocycles. The van der Waals surface area contributed by atoms with Crippen LogP contribution in [0.4, 0.5) is 22.0 Å². The van der Waals surface area contributed by atoms with Gasteiger partial charge in [0.05, 0.1) is 0 Å². The topological polar surface area (TPSA) is 12.5 Å². The summed E-state index contributed by atoms with van der Waals surface area (Å²) in [4.78, 5) is -0.916. The third-order valence-electron chi connectivity index (χ3n) is 3.94. The van der Waals surface area contributed by atoms with Crippen molar-refractivity contribution in [3.05, 3.63) is 58.9 Å². The highest BCUT2D eigenvalue weighted by Gasteiger charge is 2.34. The van der Waals surface area contributed by atoms with Crippen LogP contribution in [0.25, 0.3) is 0 Å². The minimum absolute atomic E-state index is 0.0364. The molecule has 0 saturated heterocycles. The van der Waals surface area contributed by atoms with E-state index in [9.17, 15) is 22.0 Å². The average Bonchev–Trinajstić information content (AvgIpc) is 3.51. The molecule has 0 unspecified atom stereocenters. The lowest BCUT2D eigenvalue weighted by Gasteiger charge is -2.22. The van der Waals surface area contributed by atoms with Gasteiger partial charge >= 0.3 is 0 Å². The molecule has 1 aliphatic rings. The van der Waals surface area contributed by atoms with Crippen molar-refractivity contribution in [2.45, 2.75) is 30.3 Å². The second kappa shape index (κ2) is 8.19. The highest BCUT2D eigenvalue weighted by molar-refractivity contribution is 7.97. The molecule has 8 heteroatoms. The first-order valence-electron chi connectivity index (χ1n) is 8.04. The smallest absolute Gasteiger partial charge is 0.200 e. The van der Waals surface area contributed by atoms with E-state index in [0.717, 1.165) is 12.8 Å². The summed E-state index contributed by atoms with van der Waals surface area (Å²) in [5, 5.41) is 0. The van der Waals surface area contributed by atoms with Gasteiger partial charge in [-0.1, -0.05) is 24.1 Å². The molecule has 0 atom stereocenters. The molecule has 0 heterocycles. The Kier molecular flexibility index (Phi) is 5.92. The summed E-state index contributed by atoms with van der Waals surface area (Å²) >= 11 is 0.518. The van der Waals surface area contributed by atoms with Gasteiger partial charge < -0.3 is 4.74 Å². The number of terminal acetylenes is 1. The molecule has 2 aromatic carbocycles. The van der Waals surface area contributed by atoms with Crippen molar-refractivity contribution in [1.82, 2.24) is 4.31 Å². The monoisotopic (exact) mass is 399 g/mol. The molecule has 1 fully saturated rings. The largest absolute Gasteiger partial charge is 0.481 e. The molecular weight excluding hydrogens is 385 g/mol. The van der Waals surface area contributed by atoms with Crippen molar-refractivity contribution in [2.75, 3.05) is 6.61 Å². The maximum Gasteiger partial charge on any atom is 0.200 e. The predicted molar refractivity (Wildman–Crippen MR) is 91.4 cm³/mol. The standard InChI is InChI=1S/C19H14F5NOS/c1-2-9-26-13-6-4-3-5-11(13)10-25(12-7-8-12)27-19-17(23)15(21)14(20)16(22)18(19)24/h1,3-6,12H,7-10H2. The summed E-state index contributed by atoms with van der Waals surface area (Å²) < 4.78 is 75.3. The molecular formula is C19H14F5NOS. The van der Waals surface area contributed by atoms with E-state index >= 15 is 0 Å². The van der Waals surface area contributed by atoms with E-state index in [1.54, 1.807) is 28.6 Å². The van der Waals surface area contributed by atoms with Crippen molar-refractivity contribution in [3.63, 3.8) is 0 Å². The minimum Gasteiger partial charge on any atom is -0.481 e. The van der Waals surface area contributed by atoms with E-state index in [1.165, 1.54) is 0 Å². The van der Waals surface area contributed by atoms with Crippen LogP contribution in [0, 0.1) is 41.4 Å². The van der Waals surface area contributed by atoms with E-state index in [4.69, 9.17) is 11.2 Å². The Morgan fingerprint density at radius 2 is 1.59 bits per heavy atom. The van der Waals surface area contributed by atoms with Crippen LogP contribution in [0.15, 0.2) is 29.2 Å². The Morgan fingerprint density at radius 1 is 1.00 bits per heavy atom. The zero-order chi connectivity index (χ0) is 19.6. The van der Waals surface area contributed by atoms with Crippen LogP contribution in [0.1, 0.15) is 18.4 Å². The summed E-state index contributed by atoms with van der Waals surface area (Å²) in [6.45, 7) is 0.237. The molecule has 1 saturated carbocycles. The molecule has 0 aliphatic heterocycles. The van der Waals surface area contributed by atoms with Gasteiger partial charge in [0.15, 0.2) is 23.3 Å². The first-order chi connectivity index (χ1) is 12.9. The molecule has 0 N–H and O–H groups in total. The molecule has 1 aliphatic carbocycles. The maximum atomic E-state index is 14.0. The Balaban J connectivity index is 1.89. The molecule has 27 heavy (non-hydrogen) atoms. The quantitative estimate of drug-likeness (QED) is 0.212. The second-order valence-electron chi connectivity index (χ2n) is 5.90. The van der Waals surface area contributed by atoms with Gasteiger partial charge in [0.2, 0.25) is 5.82 Å². The molecule has 0 amide bonds. The Bertz CT molecular complexity index is 865. The van der Waals surface area contributed by atoms with Crippen molar-refractivity contribution in [2.24, 2.45) is 0 Å². The van der Waals surface area contributed by atoms with Crippen LogP contribution in [0.5, 0.6) is 5.75 Å². The van der Waals surface area contributed by atoms with E-state index in [1.807, 2.05) is 0 Å². The van der Waals surface area contributed by atoms with Gasteiger partial charge in [0, 0.05) is 18.2 Å². The molecule has 0 radical (unpaired) electrons. The van der Waals surface area contributed by atoms with Crippen molar-refractivity contribution < 1.29 is 26.7 Å². The second-order valence-corrected chi connectivity index (χ2v) is 6.96. The van der Waals surface area contributed by atoms with Crippen molar-refractivity contribution in [1.29, 1.82) is 0 Å². The van der Waals surface area contributed by atoms with Gasteiger partial charge in [-0.25, -0.2) is 26.3 Å². The Morgan fingerprint density at radius 3 is 2.19 bits per heavy atom. The third kappa shape index (κ3) is 4.20. The fourth-order valence-corrected chi connectivity index (χ4v) is 3.58. The summed E-state index contributed by atoms with van der Waals surface area (Å²) in [7, 11) is 0. The highest BCUT2D eigenvalue weighted by atomic mass is 32.2. The molecule has 2 aromatic rings. The maximum absolute atomic E-state index is 14.0. The van der Waals surface area contributed by atoms with Crippen LogP contribution in [-0.4, -0.2) is 17.0 Å². The lowest BCUT2D eigenvalue weighted by molar-refractivity contribution is 0.352. The zero-order valence-electron chi connectivity index (χ0n) is 13.9. The van der Waals surface area contributed by atoms with Crippen LogP contribution in [0.3, 0.4) is 0 Å². The molecule has 0 bridgehead atoms. The first kappa shape index (κ1) is 19.5. The molecule has 142 valence electrons. The average molecular weight is 399 g/mol. The van der Waals surface area contributed by atoms with E-state index < -0.39 is 34.0 Å². The molecule has 3 rings (SSSR count). The van der Waals surface area contributed by atoms with Crippen LogP contribution >= 0.6 is 11.9 Å². The van der Waals surface area contributed by atoms with E-state index in [2.05, 4.69) is 5.92 Å². The lowest BCUT2D eigenvalue weighted by atomic mass is 10.2. The fourth-order valence-electron chi connectivity index (χ4n) is 2.44. The zero-order valence-corrected chi connectivity index (χ0v) is 14.8. The Hall–Kier alpha value is -2.24. The van der Waals surface area contributed by atoms with Gasteiger partial charge in [-0.05, 0) is 30.9 Å². The van der Waals surface area contributed by atoms with E-state index in [-0.39, 0.29) is 19.2 Å². The molecule has 2 nitrogen and oxygen atoms in total. The molecule has 0 spiro atoms. The SMILES string of the molecule is C#CCOc1ccccc1CN(Sc1c(F)c(F)c(F)c(F)c1F)C1CC1. The van der Waals surface area contributed by atoms with Crippen LogP contribution in [0.2, 0.25) is 0 Å². The number of nitrogens with zero attached hydrogens (tertiary/aromatic N) is 1. The van der Waals surface area contributed by atoms with Gasteiger partial charge in [0.1, 0.15) is 17.3 Å². The highest BCUT2D eigenvalue weighted by Crippen LogP contribution is 2.41. The van der Waals surface area contributed by atoms with Crippen LogP contribution < -0.4 is 4.74 Å². The van der Waals surface area contributed by atoms with Crippen molar-refractivity contribution >= 4 is 11.9 Å². The summed E-state index contributed by atoms with van der Waals surface area (Å²) in [5.74, 6) is -6.90. The number of hydrogen-bond donors (Lipinski definition) is 0. The Labute approximate surface area is 157 Å². The predicted octanol–water partition coefficient (Wildman–Crippen LogP) is 5.07. The fraction of sp³-hybridized carbons (Fsp3) is 0.263. The number of benzene rings is 2. The number of halogens is 5. The summed E-state index contributed by atoms with van der Waals surface area (Å²) in [6.07, 6.45) is 6.71. The normalized spacial score (nSPS) is 13.7. The van der Waals surface area contributed by atoms with Crippen molar-refractivity contribution in [3.8, 4) is 18.1 Å². The summed E-state index contributed by atoms with van der Waals surface area (Å²) in [5.41, 5.74) is 0.691. The number of para-hydroxylation sites is 1. The number of ether oxygens (including phenoxy) is 1. The summed E-state index contributed by atoms with van der Waals surface area (Å²) in [6, 6.07) is 6.91. The lowest BCUT2D eigenvalue weighted by Crippen LogP contribution is -2.19.